The molecule has 0 unspecified atom stereocenters. The number of nitrogens with two attached hydrogens (primary N) is 1. The minimum Gasteiger partial charge on any atom is -0.401 e. The van der Waals surface area contributed by atoms with Gasteiger partial charge in [0.15, 0.2) is 0 Å². The van der Waals surface area contributed by atoms with Crippen molar-refractivity contribution in [1.29, 1.82) is 0 Å². The molecule has 20 heavy (non-hydrogen) atoms. The summed E-state index contributed by atoms with van der Waals surface area (Å²) >= 11 is 0. The Balaban J connectivity index is 2.29. The molecule has 1 aromatic carbocycles. The van der Waals surface area contributed by atoms with Crippen molar-refractivity contribution in [3.63, 3.8) is 0 Å². The summed E-state index contributed by atoms with van der Waals surface area (Å²) in [5, 5.41) is 3.29. The van der Waals surface area contributed by atoms with E-state index in [0.29, 0.717) is 5.70 Å². The van der Waals surface area contributed by atoms with Gasteiger partial charge in [0.25, 0.3) is 0 Å². The predicted octanol–water partition coefficient (Wildman–Crippen LogP) is 3.54. The second kappa shape index (κ2) is 5.87. The van der Waals surface area contributed by atoms with Gasteiger partial charge in [0, 0.05) is 34.9 Å². The van der Waals surface area contributed by atoms with Gasteiger partial charge in [-0.2, -0.15) is 0 Å². The van der Waals surface area contributed by atoms with Crippen LogP contribution in [0.1, 0.15) is 25.3 Å². The monoisotopic (exact) mass is 269 g/mol. The van der Waals surface area contributed by atoms with E-state index in [1.54, 1.807) is 0 Å². The van der Waals surface area contributed by atoms with Gasteiger partial charge in [-0.25, -0.2) is 0 Å². The van der Waals surface area contributed by atoms with E-state index in [-0.39, 0.29) is 6.04 Å². The number of likely N-dealkylation sites (tertiary alicyclic amines) is 1. The van der Waals surface area contributed by atoms with Crippen molar-refractivity contribution in [2.75, 3.05) is 11.9 Å². The van der Waals surface area contributed by atoms with Crippen LogP contribution in [0.15, 0.2) is 55.4 Å². The van der Waals surface area contributed by atoms with Crippen molar-refractivity contribution in [2.45, 2.75) is 25.8 Å². The van der Waals surface area contributed by atoms with Crippen molar-refractivity contribution in [2.24, 2.45) is 5.73 Å². The number of rotatable bonds is 5. The summed E-state index contributed by atoms with van der Waals surface area (Å²) in [5.41, 5.74) is 10.6. The second-order valence-electron chi connectivity index (χ2n) is 5.32. The van der Waals surface area contributed by atoms with E-state index in [1.165, 1.54) is 0 Å². The standard InChI is InChI=1S/C17H23N3/c1-12(2)19-16-9-6-5-8-15(16)14(4)20-11-7-10-17(20)13(3)18/h5-6,8-9,17,19H,1,3-4,7,10-11,18H2,2H3/t17-/m0/s1. The van der Waals surface area contributed by atoms with E-state index in [9.17, 15) is 0 Å². The zero-order valence-corrected chi connectivity index (χ0v) is 12.2. The summed E-state index contributed by atoms with van der Waals surface area (Å²) in [6.07, 6.45) is 2.17. The molecule has 106 valence electrons. The molecule has 0 spiro atoms. The van der Waals surface area contributed by atoms with E-state index in [1.807, 2.05) is 25.1 Å². The Morgan fingerprint density at radius 2 is 2.00 bits per heavy atom. The van der Waals surface area contributed by atoms with Gasteiger partial charge >= 0.3 is 0 Å². The third-order valence-corrected chi connectivity index (χ3v) is 3.61. The van der Waals surface area contributed by atoms with Crippen molar-refractivity contribution in [3.8, 4) is 0 Å². The number of nitrogens with zero attached hydrogens (tertiary/aromatic N) is 1. The van der Waals surface area contributed by atoms with Crippen LogP contribution in [0.4, 0.5) is 5.69 Å². The van der Waals surface area contributed by atoms with Gasteiger partial charge in [-0.05, 0) is 25.8 Å². The SMILES string of the molecule is C=C(C)Nc1ccccc1C(=C)N1CCC[C@H]1C(=C)N. The first-order valence-electron chi connectivity index (χ1n) is 6.92. The average molecular weight is 269 g/mol. The Morgan fingerprint density at radius 1 is 1.30 bits per heavy atom. The Bertz CT molecular complexity index is 545. The fourth-order valence-corrected chi connectivity index (χ4v) is 2.70. The third kappa shape index (κ3) is 2.87. The summed E-state index contributed by atoms with van der Waals surface area (Å²) in [6, 6.07) is 8.33. The van der Waals surface area contributed by atoms with Gasteiger partial charge in [-0.3, -0.25) is 0 Å². The highest BCUT2D eigenvalue weighted by molar-refractivity contribution is 5.75. The van der Waals surface area contributed by atoms with E-state index >= 15 is 0 Å². The molecule has 1 atom stereocenters. The number of allylic oxidation sites excluding steroid dienone is 1. The van der Waals surface area contributed by atoms with Crippen LogP contribution in [0, 0.1) is 0 Å². The average Bonchev–Trinajstić information content (AvgIpc) is 2.87. The minimum absolute atomic E-state index is 0.195. The van der Waals surface area contributed by atoms with Crippen LogP contribution < -0.4 is 11.1 Å². The molecular weight excluding hydrogens is 246 g/mol. The zero-order valence-electron chi connectivity index (χ0n) is 12.2. The quantitative estimate of drug-likeness (QED) is 0.859. The number of para-hydroxylation sites is 1. The van der Waals surface area contributed by atoms with E-state index < -0.39 is 0 Å². The molecule has 0 aromatic heterocycles. The first-order chi connectivity index (χ1) is 9.50. The number of nitrogens with one attached hydrogen (secondary N) is 1. The number of benzene rings is 1. The molecule has 1 aliphatic rings. The lowest BCUT2D eigenvalue weighted by Gasteiger charge is -2.30. The zero-order chi connectivity index (χ0) is 14.7. The smallest absolute Gasteiger partial charge is 0.0680 e. The molecule has 0 bridgehead atoms. The van der Waals surface area contributed by atoms with Crippen molar-refractivity contribution < 1.29 is 0 Å². The van der Waals surface area contributed by atoms with Crippen molar-refractivity contribution in [1.82, 2.24) is 4.90 Å². The Labute approximate surface area is 121 Å². The Morgan fingerprint density at radius 3 is 2.65 bits per heavy atom. The van der Waals surface area contributed by atoms with Crippen molar-refractivity contribution in [3.05, 3.63) is 61.0 Å². The van der Waals surface area contributed by atoms with Gasteiger partial charge < -0.3 is 16.0 Å². The van der Waals surface area contributed by atoms with Gasteiger partial charge in [0.1, 0.15) is 0 Å². The maximum Gasteiger partial charge on any atom is 0.0680 e. The van der Waals surface area contributed by atoms with E-state index in [2.05, 4.69) is 36.0 Å². The van der Waals surface area contributed by atoms with Crippen LogP contribution in [-0.4, -0.2) is 17.5 Å². The summed E-state index contributed by atoms with van der Waals surface area (Å²) in [4.78, 5) is 2.25. The summed E-state index contributed by atoms with van der Waals surface area (Å²) in [6.45, 7) is 15.0. The van der Waals surface area contributed by atoms with Gasteiger partial charge in [0.2, 0.25) is 0 Å². The lowest BCUT2D eigenvalue weighted by molar-refractivity contribution is 0.408. The third-order valence-electron chi connectivity index (χ3n) is 3.61. The summed E-state index contributed by atoms with van der Waals surface area (Å²) in [5.74, 6) is 0. The lowest BCUT2D eigenvalue weighted by Crippen LogP contribution is -2.31. The Kier molecular flexibility index (Phi) is 4.18. The maximum absolute atomic E-state index is 5.92. The van der Waals surface area contributed by atoms with Crippen LogP contribution in [0.5, 0.6) is 0 Å². The molecule has 0 amide bonds. The van der Waals surface area contributed by atoms with Crippen LogP contribution in [0.2, 0.25) is 0 Å². The Hall–Kier alpha value is -2.16. The van der Waals surface area contributed by atoms with Gasteiger partial charge in [-0.1, -0.05) is 37.9 Å². The number of hydrogen-bond donors (Lipinski definition) is 2. The fourth-order valence-electron chi connectivity index (χ4n) is 2.70. The predicted molar refractivity (Wildman–Crippen MR) is 87.0 cm³/mol. The molecule has 3 nitrogen and oxygen atoms in total. The minimum atomic E-state index is 0.195. The molecule has 1 saturated heterocycles. The highest BCUT2D eigenvalue weighted by atomic mass is 15.2. The summed E-state index contributed by atoms with van der Waals surface area (Å²) < 4.78 is 0. The molecule has 1 aliphatic heterocycles. The fraction of sp³-hybridized carbons (Fsp3) is 0.294. The van der Waals surface area contributed by atoms with E-state index in [4.69, 9.17) is 5.73 Å². The second-order valence-corrected chi connectivity index (χ2v) is 5.32. The van der Waals surface area contributed by atoms with Crippen LogP contribution in [-0.2, 0) is 0 Å². The number of hydrogen-bond acceptors (Lipinski definition) is 3. The molecular formula is C17H23N3. The molecule has 1 aromatic rings. The van der Waals surface area contributed by atoms with Crippen LogP contribution in [0.3, 0.4) is 0 Å². The highest BCUT2D eigenvalue weighted by Gasteiger charge is 2.27. The number of anilines is 1. The molecule has 0 radical (unpaired) electrons. The largest absolute Gasteiger partial charge is 0.401 e. The molecule has 3 heteroatoms. The molecule has 2 rings (SSSR count). The van der Waals surface area contributed by atoms with E-state index in [0.717, 1.165) is 42.0 Å². The lowest BCUT2D eigenvalue weighted by atomic mass is 10.1. The highest BCUT2D eigenvalue weighted by Crippen LogP contribution is 2.33. The van der Waals surface area contributed by atoms with Crippen molar-refractivity contribution >= 4 is 11.4 Å². The molecule has 1 heterocycles. The first kappa shape index (κ1) is 14.3. The van der Waals surface area contributed by atoms with Crippen LogP contribution in [0.25, 0.3) is 5.70 Å². The first-order valence-corrected chi connectivity index (χ1v) is 6.92. The van der Waals surface area contributed by atoms with Gasteiger partial charge in [-0.15, -0.1) is 0 Å². The van der Waals surface area contributed by atoms with Crippen LogP contribution >= 0.6 is 0 Å². The molecule has 3 N–H and O–H groups in total. The van der Waals surface area contributed by atoms with Gasteiger partial charge in [0.05, 0.1) is 6.04 Å². The molecule has 1 fully saturated rings. The topological polar surface area (TPSA) is 41.3 Å². The molecule has 0 aliphatic carbocycles. The molecule has 0 saturated carbocycles. The normalized spacial score (nSPS) is 17.9. The maximum atomic E-state index is 5.92. The summed E-state index contributed by atoms with van der Waals surface area (Å²) in [7, 11) is 0.